The molecule has 0 aliphatic carbocycles. The molecule has 3 rings (SSSR count). The van der Waals surface area contributed by atoms with Crippen LogP contribution >= 0.6 is 11.6 Å². The van der Waals surface area contributed by atoms with Gasteiger partial charge in [-0.15, -0.1) is 0 Å². The predicted molar refractivity (Wildman–Crippen MR) is 127 cm³/mol. The van der Waals surface area contributed by atoms with Crippen LogP contribution in [0, 0.1) is 24.1 Å². The van der Waals surface area contributed by atoms with Crippen LogP contribution in [0.25, 0.3) is 6.08 Å². The number of nitrogens with one attached hydrogen (secondary N) is 1. The van der Waals surface area contributed by atoms with Crippen LogP contribution in [0.15, 0.2) is 66.2 Å². The molecule has 3 aromatic rings. The van der Waals surface area contributed by atoms with Crippen molar-refractivity contribution in [1.82, 2.24) is 0 Å². The van der Waals surface area contributed by atoms with Crippen molar-refractivity contribution in [2.45, 2.75) is 20.5 Å². The van der Waals surface area contributed by atoms with Crippen molar-refractivity contribution in [1.29, 1.82) is 5.26 Å². The molecule has 0 aliphatic rings. The zero-order valence-electron chi connectivity index (χ0n) is 18.2. The molecule has 33 heavy (non-hydrogen) atoms. The van der Waals surface area contributed by atoms with E-state index in [4.69, 9.17) is 21.1 Å². The number of carbonyl (C=O) groups excluding carboxylic acids is 1. The lowest BCUT2D eigenvalue weighted by Gasteiger charge is -2.13. The van der Waals surface area contributed by atoms with E-state index in [9.17, 15) is 14.4 Å². The molecule has 168 valence electrons. The zero-order chi connectivity index (χ0) is 23.8. The fourth-order valence-corrected chi connectivity index (χ4v) is 3.15. The Bertz CT molecular complexity index is 1230. The van der Waals surface area contributed by atoms with E-state index < -0.39 is 5.91 Å². The van der Waals surface area contributed by atoms with E-state index in [1.807, 2.05) is 19.9 Å². The first-order valence-electron chi connectivity index (χ1n) is 10.2. The number of rotatable bonds is 8. The SMILES string of the molecule is CCOc1cc(/C=C(\C#N)C(=O)Nc2ccc(C)c(Cl)c2)ccc1OCc1cccc(F)c1. The average Bonchev–Trinajstić information content (AvgIpc) is 2.79. The topological polar surface area (TPSA) is 71.3 Å². The number of halogens is 2. The lowest BCUT2D eigenvalue weighted by molar-refractivity contribution is -0.112. The van der Waals surface area contributed by atoms with Crippen LogP contribution in [0.5, 0.6) is 11.5 Å². The molecule has 0 saturated heterocycles. The van der Waals surface area contributed by atoms with Gasteiger partial charge < -0.3 is 14.8 Å². The van der Waals surface area contributed by atoms with Gasteiger partial charge in [0, 0.05) is 10.7 Å². The predicted octanol–water partition coefficient (Wildman–Crippen LogP) is 6.31. The van der Waals surface area contributed by atoms with Crippen molar-refractivity contribution in [2.75, 3.05) is 11.9 Å². The molecule has 1 N–H and O–H groups in total. The number of hydrogen-bond donors (Lipinski definition) is 1. The maximum absolute atomic E-state index is 13.4. The van der Waals surface area contributed by atoms with Crippen LogP contribution in [0.1, 0.15) is 23.6 Å². The van der Waals surface area contributed by atoms with E-state index >= 15 is 0 Å². The maximum Gasteiger partial charge on any atom is 0.266 e. The molecule has 0 aliphatic heterocycles. The lowest BCUT2D eigenvalue weighted by atomic mass is 10.1. The highest BCUT2D eigenvalue weighted by atomic mass is 35.5. The van der Waals surface area contributed by atoms with Gasteiger partial charge in [-0.25, -0.2) is 4.39 Å². The zero-order valence-corrected chi connectivity index (χ0v) is 18.9. The van der Waals surface area contributed by atoms with E-state index in [-0.39, 0.29) is 18.0 Å². The van der Waals surface area contributed by atoms with Crippen molar-refractivity contribution in [2.24, 2.45) is 0 Å². The number of aryl methyl sites for hydroxylation is 1. The van der Waals surface area contributed by atoms with Gasteiger partial charge in [-0.1, -0.05) is 35.9 Å². The van der Waals surface area contributed by atoms with Crippen LogP contribution in [-0.4, -0.2) is 12.5 Å². The van der Waals surface area contributed by atoms with Crippen molar-refractivity contribution >= 4 is 29.3 Å². The summed E-state index contributed by atoms with van der Waals surface area (Å²) >= 11 is 6.10. The number of nitrogens with zero attached hydrogens (tertiary/aromatic N) is 1. The molecule has 0 unspecified atom stereocenters. The van der Waals surface area contributed by atoms with Gasteiger partial charge in [0.25, 0.3) is 5.91 Å². The minimum atomic E-state index is -0.554. The van der Waals surface area contributed by atoms with Crippen molar-refractivity contribution in [3.63, 3.8) is 0 Å². The standard InChI is InChI=1S/C26H22ClFN2O3/c1-3-32-25-13-18(8-10-24(25)33-16-19-5-4-6-21(28)12-19)11-20(15-29)26(31)30-22-9-7-17(2)23(27)14-22/h4-14H,3,16H2,1-2H3,(H,30,31)/b20-11+. The maximum atomic E-state index is 13.4. The highest BCUT2D eigenvalue weighted by molar-refractivity contribution is 6.31. The summed E-state index contributed by atoms with van der Waals surface area (Å²) < 4.78 is 24.8. The summed E-state index contributed by atoms with van der Waals surface area (Å²) in [5.74, 6) is 0.0276. The Morgan fingerprint density at radius 3 is 2.64 bits per heavy atom. The van der Waals surface area contributed by atoms with Gasteiger partial charge in [-0.05, 0) is 73.0 Å². The largest absolute Gasteiger partial charge is 0.490 e. The Kier molecular flexibility index (Phi) is 8.06. The van der Waals surface area contributed by atoms with Crippen LogP contribution in [0.2, 0.25) is 5.02 Å². The Hall–Kier alpha value is -3.82. The summed E-state index contributed by atoms with van der Waals surface area (Å²) in [4.78, 5) is 12.6. The fraction of sp³-hybridized carbons (Fsp3) is 0.154. The van der Waals surface area contributed by atoms with Crippen LogP contribution in [0.3, 0.4) is 0 Å². The van der Waals surface area contributed by atoms with Crippen LogP contribution in [-0.2, 0) is 11.4 Å². The van der Waals surface area contributed by atoms with E-state index in [0.717, 1.165) is 5.56 Å². The van der Waals surface area contributed by atoms with Crippen molar-refractivity contribution in [3.05, 3.63) is 93.8 Å². The summed E-state index contributed by atoms with van der Waals surface area (Å²) in [6.45, 7) is 4.25. The summed E-state index contributed by atoms with van der Waals surface area (Å²) in [7, 11) is 0. The summed E-state index contributed by atoms with van der Waals surface area (Å²) in [6.07, 6.45) is 1.46. The Morgan fingerprint density at radius 1 is 1.12 bits per heavy atom. The number of carbonyl (C=O) groups is 1. The van der Waals surface area contributed by atoms with Gasteiger partial charge in [0.1, 0.15) is 24.1 Å². The highest BCUT2D eigenvalue weighted by Crippen LogP contribution is 2.30. The minimum absolute atomic E-state index is 0.0809. The summed E-state index contributed by atoms with van der Waals surface area (Å²) in [6, 6.07) is 18.3. The monoisotopic (exact) mass is 464 g/mol. The molecule has 7 heteroatoms. The molecule has 0 radical (unpaired) electrons. The third kappa shape index (κ3) is 6.58. The molecule has 0 fully saturated rings. The first-order chi connectivity index (χ1) is 15.9. The normalized spacial score (nSPS) is 10.9. The molecule has 0 bridgehead atoms. The third-order valence-corrected chi connectivity index (χ3v) is 5.06. The molecule has 0 aromatic heterocycles. The van der Waals surface area contributed by atoms with Crippen molar-refractivity contribution < 1.29 is 18.7 Å². The summed E-state index contributed by atoms with van der Waals surface area (Å²) in [5.41, 5.74) is 2.57. The molecular weight excluding hydrogens is 443 g/mol. The van der Waals surface area contributed by atoms with Gasteiger partial charge in [0.15, 0.2) is 11.5 Å². The molecule has 0 saturated carbocycles. The van der Waals surface area contributed by atoms with Crippen molar-refractivity contribution in [3.8, 4) is 17.6 Å². The number of amides is 1. The highest BCUT2D eigenvalue weighted by Gasteiger charge is 2.12. The lowest BCUT2D eigenvalue weighted by Crippen LogP contribution is -2.13. The van der Waals surface area contributed by atoms with Crippen LogP contribution in [0.4, 0.5) is 10.1 Å². The Morgan fingerprint density at radius 2 is 1.94 bits per heavy atom. The first-order valence-corrected chi connectivity index (χ1v) is 10.6. The third-order valence-electron chi connectivity index (χ3n) is 4.66. The second-order valence-electron chi connectivity index (χ2n) is 7.15. The van der Waals surface area contributed by atoms with E-state index in [1.54, 1.807) is 48.5 Å². The van der Waals surface area contributed by atoms with Gasteiger partial charge in [-0.3, -0.25) is 4.79 Å². The van der Waals surface area contributed by atoms with E-state index in [2.05, 4.69) is 5.32 Å². The number of hydrogen-bond acceptors (Lipinski definition) is 4. The molecule has 0 atom stereocenters. The Balaban J connectivity index is 1.78. The molecule has 0 spiro atoms. The molecule has 5 nitrogen and oxygen atoms in total. The van der Waals surface area contributed by atoms with E-state index in [1.165, 1.54) is 18.2 Å². The molecule has 3 aromatic carbocycles. The quantitative estimate of drug-likeness (QED) is 0.313. The number of benzene rings is 3. The van der Waals surface area contributed by atoms with Crippen LogP contribution < -0.4 is 14.8 Å². The second-order valence-corrected chi connectivity index (χ2v) is 7.55. The Labute approximate surface area is 197 Å². The fourth-order valence-electron chi connectivity index (χ4n) is 2.97. The number of ether oxygens (including phenoxy) is 2. The van der Waals surface area contributed by atoms with Gasteiger partial charge >= 0.3 is 0 Å². The van der Waals surface area contributed by atoms with E-state index in [0.29, 0.717) is 39.9 Å². The smallest absolute Gasteiger partial charge is 0.266 e. The molecule has 1 amide bonds. The van der Waals surface area contributed by atoms with Gasteiger partial charge in [0.05, 0.1) is 6.61 Å². The molecular formula is C26H22ClFN2O3. The average molecular weight is 465 g/mol. The summed E-state index contributed by atoms with van der Waals surface area (Å²) in [5, 5.41) is 12.7. The number of anilines is 1. The van der Waals surface area contributed by atoms with Gasteiger partial charge in [0.2, 0.25) is 0 Å². The van der Waals surface area contributed by atoms with Gasteiger partial charge in [-0.2, -0.15) is 5.26 Å². The molecule has 0 heterocycles. The minimum Gasteiger partial charge on any atom is -0.490 e. The number of nitriles is 1. The first kappa shape index (κ1) is 23.8. The second kappa shape index (κ2) is 11.2.